The summed E-state index contributed by atoms with van der Waals surface area (Å²) < 4.78 is 0. The van der Waals surface area contributed by atoms with Gasteiger partial charge in [0.05, 0.1) is 0 Å². The quantitative estimate of drug-likeness (QED) is 0.662. The molecule has 4 heteroatoms. The Morgan fingerprint density at radius 1 is 1.60 bits per heavy atom. The summed E-state index contributed by atoms with van der Waals surface area (Å²) in [5.74, 6) is 0.910. The van der Waals surface area contributed by atoms with E-state index in [1.54, 1.807) is 12.4 Å². The van der Waals surface area contributed by atoms with Crippen molar-refractivity contribution in [2.45, 2.75) is 6.92 Å². The van der Waals surface area contributed by atoms with Gasteiger partial charge in [0, 0.05) is 12.4 Å². The van der Waals surface area contributed by atoms with E-state index in [9.17, 15) is 0 Å². The third-order valence-corrected chi connectivity index (χ3v) is 0.844. The van der Waals surface area contributed by atoms with Crippen LogP contribution in [0.2, 0.25) is 0 Å². The SMILES string of the molecule is CC=Cc1ncc[nH]1.Cl.N. The molecule has 0 aliphatic heterocycles. The largest absolute Gasteiger partial charge is 0.345 e. The van der Waals surface area contributed by atoms with Gasteiger partial charge in [-0.2, -0.15) is 0 Å². The van der Waals surface area contributed by atoms with Gasteiger partial charge in [0.1, 0.15) is 5.82 Å². The Morgan fingerprint density at radius 2 is 2.30 bits per heavy atom. The molecule has 10 heavy (non-hydrogen) atoms. The minimum absolute atomic E-state index is 0. The van der Waals surface area contributed by atoms with E-state index in [0.717, 1.165) is 5.82 Å². The van der Waals surface area contributed by atoms with Crippen molar-refractivity contribution >= 4 is 18.5 Å². The third kappa shape index (κ3) is 3.27. The molecule has 0 bridgehead atoms. The van der Waals surface area contributed by atoms with E-state index in [1.807, 2.05) is 19.1 Å². The number of hydrogen-bond acceptors (Lipinski definition) is 2. The van der Waals surface area contributed by atoms with Crippen molar-refractivity contribution in [3.63, 3.8) is 0 Å². The highest BCUT2D eigenvalue weighted by Crippen LogP contribution is 1.89. The van der Waals surface area contributed by atoms with Crippen LogP contribution in [0.25, 0.3) is 6.08 Å². The zero-order valence-electron chi connectivity index (χ0n) is 5.87. The number of halogens is 1. The predicted octanol–water partition coefficient (Wildman–Crippen LogP) is 2.03. The predicted molar refractivity (Wildman–Crippen MR) is 45.6 cm³/mol. The van der Waals surface area contributed by atoms with E-state index in [1.165, 1.54) is 0 Å². The van der Waals surface area contributed by atoms with E-state index in [2.05, 4.69) is 9.97 Å². The molecule has 0 unspecified atom stereocenters. The number of rotatable bonds is 1. The van der Waals surface area contributed by atoms with E-state index in [-0.39, 0.29) is 18.6 Å². The molecule has 0 amide bonds. The summed E-state index contributed by atoms with van der Waals surface area (Å²) in [5, 5.41) is 0. The highest BCUT2D eigenvalue weighted by molar-refractivity contribution is 5.85. The molecule has 1 heterocycles. The number of allylic oxidation sites excluding steroid dienone is 1. The van der Waals surface area contributed by atoms with Gasteiger partial charge in [0.25, 0.3) is 0 Å². The normalized spacial score (nSPS) is 8.50. The summed E-state index contributed by atoms with van der Waals surface area (Å²) in [7, 11) is 0. The molecule has 0 atom stereocenters. The molecular formula is C6H12ClN3. The second-order valence-electron chi connectivity index (χ2n) is 1.47. The van der Waals surface area contributed by atoms with Crippen molar-refractivity contribution in [3.8, 4) is 0 Å². The van der Waals surface area contributed by atoms with Crippen LogP contribution in [0.5, 0.6) is 0 Å². The van der Waals surface area contributed by atoms with E-state index in [4.69, 9.17) is 0 Å². The first-order valence-electron chi connectivity index (χ1n) is 2.55. The number of nitrogens with one attached hydrogen (secondary N) is 1. The summed E-state index contributed by atoms with van der Waals surface area (Å²) in [4.78, 5) is 6.90. The lowest BCUT2D eigenvalue weighted by Crippen LogP contribution is -1.69. The first kappa shape index (κ1) is 11.9. The van der Waals surface area contributed by atoms with E-state index in [0.29, 0.717) is 0 Å². The Hall–Kier alpha value is -0.800. The number of nitrogens with zero attached hydrogens (tertiary/aromatic N) is 1. The van der Waals surface area contributed by atoms with Gasteiger partial charge in [-0.15, -0.1) is 12.4 Å². The maximum Gasteiger partial charge on any atom is 0.129 e. The van der Waals surface area contributed by atoms with Gasteiger partial charge in [-0.3, -0.25) is 0 Å². The minimum Gasteiger partial charge on any atom is -0.345 e. The summed E-state index contributed by atoms with van der Waals surface area (Å²) in [6, 6.07) is 0. The Morgan fingerprint density at radius 3 is 2.70 bits per heavy atom. The van der Waals surface area contributed by atoms with Crippen molar-refractivity contribution < 1.29 is 0 Å². The molecule has 0 radical (unpaired) electrons. The summed E-state index contributed by atoms with van der Waals surface area (Å²) >= 11 is 0. The zero-order chi connectivity index (χ0) is 5.82. The molecule has 1 aromatic heterocycles. The van der Waals surface area contributed by atoms with Crippen LogP contribution in [-0.4, -0.2) is 9.97 Å². The van der Waals surface area contributed by atoms with Crippen LogP contribution in [0, 0.1) is 0 Å². The van der Waals surface area contributed by atoms with Gasteiger partial charge in [-0.25, -0.2) is 4.98 Å². The van der Waals surface area contributed by atoms with Crippen LogP contribution in [-0.2, 0) is 0 Å². The van der Waals surface area contributed by atoms with Crippen molar-refractivity contribution in [3.05, 3.63) is 24.3 Å². The van der Waals surface area contributed by atoms with E-state index < -0.39 is 0 Å². The zero-order valence-corrected chi connectivity index (χ0v) is 6.69. The van der Waals surface area contributed by atoms with Crippen LogP contribution >= 0.6 is 12.4 Å². The van der Waals surface area contributed by atoms with Crippen LogP contribution in [0.3, 0.4) is 0 Å². The van der Waals surface area contributed by atoms with Crippen LogP contribution < -0.4 is 6.15 Å². The maximum absolute atomic E-state index is 3.96. The average molecular weight is 162 g/mol. The third-order valence-electron chi connectivity index (χ3n) is 0.844. The molecule has 0 aromatic carbocycles. The molecule has 0 spiro atoms. The van der Waals surface area contributed by atoms with Gasteiger partial charge in [0.15, 0.2) is 0 Å². The first-order valence-corrected chi connectivity index (χ1v) is 2.55. The van der Waals surface area contributed by atoms with Crippen molar-refractivity contribution in [1.29, 1.82) is 0 Å². The number of imidazole rings is 1. The Labute approximate surface area is 66.6 Å². The lowest BCUT2D eigenvalue weighted by molar-refractivity contribution is 1.26. The lowest BCUT2D eigenvalue weighted by atomic mass is 10.5. The standard InChI is InChI=1S/C6H8N2.ClH.H3N/c1-2-3-6-7-4-5-8-6;;/h2-5H,1H3,(H,7,8);1H;1H3. The van der Waals surface area contributed by atoms with Crippen molar-refractivity contribution in [2.75, 3.05) is 0 Å². The molecule has 3 nitrogen and oxygen atoms in total. The first-order chi connectivity index (χ1) is 3.93. The van der Waals surface area contributed by atoms with Crippen LogP contribution in [0.4, 0.5) is 0 Å². The van der Waals surface area contributed by atoms with Crippen LogP contribution in [0.1, 0.15) is 12.7 Å². The summed E-state index contributed by atoms with van der Waals surface area (Å²) in [6.45, 7) is 1.96. The second-order valence-corrected chi connectivity index (χ2v) is 1.47. The number of H-pyrrole nitrogens is 1. The van der Waals surface area contributed by atoms with Gasteiger partial charge >= 0.3 is 0 Å². The van der Waals surface area contributed by atoms with E-state index >= 15 is 0 Å². The van der Waals surface area contributed by atoms with Gasteiger partial charge < -0.3 is 11.1 Å². The molecular weight excluding hydrogens is 150 g/mol. The lowest BCUT2D eigenvalue weighted by Gasteiger charge is -1.76. The molecule has 4 N–H and O–H groups in total. The molecule has 58 valence electrons. The molecule has 0 saturated heterocycles. The average Bonchev–Trinajstić information content (AvgIpc) is 2.19. The Balaban J connectivity index is 0. The van der Waals surface area contributed by atoms with Gasteiger partial charge in [-0.05, 0) is 13.0 Å². The monoisotopic (exact) mass is 161 g/mol. The molecule has 0 fully saturated rings. The van der Waals surface area contributed by atoms with Gasteiger partial charge in [-0.1, -0.05) is 6.08 Å². The molecule has 0 aliphatic rings. The minimum atomic E-state index is 0. The molecule has 1 rings (SSSR count). The Kier molecular flexibility index (Phi) is 7.54. The number of hydrogen-bond donors (Lipinski definition) is 2. The molecule has 0 aliphatic carbocycles. The highest BCUT2D eigenvalue weighted by Gasteiger charge is 1.80. The molecule has 1 aromatic rings. The fraction of sp³-hybridized carbons (Fsp3) is 0.167. The fourth-order valence-corrected chi connectivity index (χ4v) is 0.526. The number of aromatic amines is 1. The second kappa shape index (κ2) is 6.32. The topological polar surface area (TPSA) is 63.7 Å². The van der Waals surface area contributed by atoms with Crippen molar-refractivity contribution in [1.82, 2.24) is 16.1 Å². The summed E-state index contributed by atoms with van der Waals surface area (Å²) in [5.41, 5.74) is 0. The number of aromatic nitrogens is 2. The molecule has 0 saturated carbocycles. The maximum atomic E-state index is 3.96. The smallest absolute Gasteiger partial charge is 0.129 e. The fourth-order valence-electron chi connectivity index (χ4n) is 0.526. The van der Waals surface area contributed by atoms with Crippen molar-refractivity contribution in [2.24, 2.45) is 0 Å². The highest BCUT2D eigenvalue weighted by atomic mass is 35.5. The van der Waals surface area contributed by atoms with Gasteiger partial charge in [0.2, 0.25) is 0 Å². The Bertz CT molecular complexity index is 169. The van der Waals surface area contributed by atoms with Crippen LogP contribution in [0.15, 0.2) is 18.5 Å². The summed E-state index contributed by atoms with van der Waals surface area (Å²) in [6.07, 6.45) is 7.39.